The van der Waals surface area contributed by atoms with Gasteiger partial charge in [-0.05, 0) is 45.7 Å². The van der Waals surface area contributed by atoms with Crippen LogP contribution in [-0.4, -0.2) is 69.4 Å². The molecule has 8 nitrogen and oxygen atoms in total. The quantitative estimate of drug-likeness (QED) is 0.244. The molecule has 0 aliphatic heterocycles. The molecule has 0 spiro atoms. The molecule has 0 atom stereocenters. The number of aliphatic imine (C=N–C) groups is 1. The summed E-state index contributed by atoms with van der Waals surface area (Å²) < 4.78 is 27.3. The molecule has 0 aliphatic carbocycles. The molecule has 0 saturated heterocycles. The van der Waals surface area contributed by atoms with Crippen LogP contribution in [0.15, 0.2) is 29.3 Å². The number of guanidine groups is 1. The number of carbonyl (C=O) groups excluding carboxylic acids is 1. The van der Waals surface area contributed by atoms with Crippen molar-refractivity contribution in [3.8, 4) is 0 Å². The molecule has 178 valence electrons. The lowest BCUT2D eigenvalue weighted by Crippen LogP contribution is -2.45. The first-order valence-corrected chi connectivity index (χ1v) is 12.1. The maximum atomic E-state index is 12.4. The first kappa shape index (κ1) is 29.6. The van der Waals surface area contributed by atoms with Gasteiger partial charge in [0.05, 0.1) is 18.8 Å². The number of hydrogen-bond acceptors (Lipinski definition) is 4. The average molecular weight is 568 g/mol. The van der Waals surface area contributed by atoms with Crippen LogP contribution in [0.2, 0.25) is 0 Å². The van der Waals surface area contributed by atoms with E-state index in [9.17, 15) is 13.2 Å². The van der Waals surface area contributed by atoms with Crippen molar-refractivity contribution in [1.82, 2.24) is 19.8 Å². The van der Waals surface area contributed by atoms with Gasteiger partial charge in [-0.3, -0.25) is 4.79 Å². The summed E-state index contributed by atoms with van der Waals surface area (Å²) in [5, 5.41) is 3.20. The molecule has 0 aliphatic rings. The standard InChI is InChI=1S/C21H37N5O3S.HI/c1-7-22-21(25(6)15-20(27)26(8-2)9-3)23-14-18-12-10-11-13-19(18)16-30(28,29)24-17(4)5;/h10-13,17,24H,7-9,14-16H2,1-6H3,(H,22,23);1H. The Kier molecular flexibility index (Phi) is 14.0. The molecule has 0 saturated carbocycles. The van der Waals surface area contributed by atoms with Gasteiger partial charge in [0.25, 0.3) is 0 Å². The van der Waals surface area contributed by atoms with Crippen LogP contribution in [0.5, 0.6) is 0 Å². The number of sulfonamides is 1. The van der Waals surface area contributed by atoms with E-state index in [2.05, 4.69) is 15.0 Å². The van der Waals surface area contributed by atoms with Crippen molar-refractivity contribution in [1.29, 1.82) is 0 Å². The molecular formula is C21H38IN5O3S. The zero-order valence-corrected chi connectivity index (χ0v) is 22.7. The van der Waals surface area contributed by atoms with Crippen molar-refractivity contribution in [3.63, 3.8) is 0 Å². The Morgan fingerprint density at radius 1 is 1.10 bits per heavy atom. The molecule has 0 bridgehead atoms. The maximum absolute atomic E-state index is 12.4. The second kappa shape index (κ2) is 14.6. The van der Waals surface area contributed by atoms with Gasteiger partial charge in [0.15, 0.2) is 5.96 Å². The number of rotatable bonds is 11. The molecule has 0 aromatic heterocycles. The van der Waals surface area contributed by atoms with E-state index in [-0.39, 0.29) is 48.2 Å². The van der Waals surface area contributed by atoms with Gasteiger partial charge >= 0.3 is 0 Å². The average Bonchev–Trinajstić information content (AvgIpc) is 2.65. The molecule has 0 radical (unpaired) electrons. The SMILES string of the molecule is CCNC(=NCc1ccccc1CS(=O)(=O)NC(C)C)N(C)CC(=O)N(CC)CC.I. The summed E-state index contributed by atoms with van der Waals surface area (Å²) in [4.78, 5) is 20.6. The molecule has 10 heteroatoms. The molecule has 0 heterocycles. The van der Waals surface area contributed by atoms with E-state index in [1.165, 1.54) is 0 Å². The molecule has 31 heavy (non-hydrogen) atoms. The van der Waals surface area contributed by atoms with E-state index in [4.69, 9.17) is 0 Å². The number of benzene rings is 1. The van der Waals surface area contributed by atoms with Crippen LogP contribution >= 0.6 is 24.0 Å². The Morgan fingerprint density at radius 2 is 1.68 bits per heavy atom. The van der Waals surface area contributed by atoms with Crippen LogP contribution in [0, 0.1) is 0 Å². The van der Waals surface area contributed by atoms with Gasteiger partial charge in [-0.1, -0.05) is 24.3 Å². The first-order chi connectivity index (χ1) is 14.1. The van der Waals surface area contributed by atoms with E-state index in [0.717, 1.165) is 5.56 Å². The van der Waals surface area contributed by atoms with Gasteiger partial charge in [0.1, 0.15) is 0 Å². The van der Waals surface area contributed by atoms with Crippen LogP contribution < -0.4 is 10.0 Å². The van der Waals surface area contributed by atoms with Crippen molar-refractivity contribution in [3.05, 3.63) is 35.4 Å². The van der Waals surface area contributed by atoms with Crippen molar-refractivity contribution in [2.75, 3.05) is 33.2 Å². The lowest BCUT2D eigenvalue weighted by atomic mass is 10.1. The monoisotopic (exact) mass is 567 g/mol. The number of nitrogens with one attached hydrogen (secondary N) is 2. The van der Waals surface area contributed by atoms with Crippen LogP contribution in [0.1, 0.15) is 45.7 Å². The highest BCUT2D eigenvalue weighted by molar-refractivity contribution is 14.0. The Hall–Kier alpha value is -1.40. The second-order valence-electron chi connectivity index (χ2n) is 7.39. The molecule has 0 unspecified atom stereocenters. The topological polar surface area (TPSA) is 94.1 Å². The fourth-order valence-corrected chi connectivity index (χ4v) is 4.53. The molecule has 1 aromatic rings. The normalized spacial score (nSPS) is 11.8. The fourth-order valence-electron chi connectivity index (χ4n) is 3.04. The lowest BCUT2D eigenvalue weighted by molar-refractivity contribution is -0.131. The van der Waals surface area contributed by atoms with Crippen LogP contribution in [-0.2, 0) is 27.1 Å². The summed E-state index contributed by atoms with van der Waals surface area (Å²) in [6.07, 6.45) is 0. The van der Waals surface area contributed by atoms with Crippen LogP contribution in [0.3, 0.4) is 0 Å². The summed E-state index contributed by atoms with van der Waals surface area (Å²) in [7, 11) is -1.60. The number of halogens is 1. The number of nitrogens with zero attached hydrogens (tertiary/aromatic N) is 3. The minimum absolute atomic E-state index is 0. The summed E-state index contributed by atoms with van der Waals surface area (Å²) in [6.45, 7) is 12.0. The summed E-state index contributed by atoms with van der Waals surface area (Å²) >= 11 is 0. The minimum atomic E-state index is -3.43. The zero-order valence-electron chi connectivity index (χ0n) is 19.5. The van der Waals surface area contributed by atoms with E-state index in [1.54, 1.807) is 23.6 Å². The number of amides is 1. The summed E-state index contributed by atoms with van der Waals surface area (Å²) in [5.74, 6) is 0.555. The third-order valence-corrected chi connectivity index (χ3v) is 5.98. The van der Waals surface area contributed by atoms with Gasteiger partial charge in [0, 0.05) is 32.7 Å². The Bertz CT molecular complexity index is 811. The van der Waals surface area contributed by atoms with Gasteiger partial charge in [-0.25, -0.2) is 18.1 Å². The highest BCUT2D eigenvalue weighted by Crippen LogP contribution is 2.14. The first-order valence-electron chi connectivity index (χ1n) is 10.5. The van der Waals surface area contributed by atoms with E-state index in [0.29, 0.717) is 37.7 Å². The summed E-state index contributed by atoms with van der Waals surface area (Å²) in [6, 6.07) is 7.24. The van der Waals surface area contributed by atoms with E-state index in [1.807, 2.05) is 52.1 Å². The largest absolute Gasteiger partial charge is 0.357 e. The van der Waals surface area contributed by atoms with Crippen LogP contribution in [0.25, 0.3) is 0 Å². The van der Waals surface area contributed by atoms with Gasteiger partial charge in [-0.2, -0.15) is 0 Å². The fraction of sp³-hybridized carbons (Fsp3) is 0.619. The van der Waals surface area contributed by atoms with Gasteiger partial charge in [-0.15, -0.1) is 24.0 Å². The van der Waals surface area contributed by atoms with E-state index >= 15 is 0 Å². The maximum Gasteiger partial charge on any atom is 0.242 e. The van der Waals surface area contributed by atoms with Crippen molar-refractivity contribution >= 4 is 45.9 Å². The Morgan fingerprint density at radius 3 is 2.19 bits per heavy atom. The number of likely N-dealkylation sites (N-methyl/N-ethyl adjacent to an activating group) is 2. The molecule has 1 rings (SSSR count). The third kappa shape index (κ3) is 10.6. The zero-order chi connectivity index (χ0) is 22.7. The highest BCUT2D eigenvalue weighted by atomic mass is 127. The summed E-state index contributed by atoms with van der Waals surface area (Å²) in [5.41, 5.74) is 1.55. The van der Waals surface area contributed by atoms with E-state index < -0.39 is 10.0 Å². The minimum Gasteiger partial charge on any atom is -0.357 e. The molecule has 2 N–H and O–H groups in total. The predicted molar refractivity (Wildman–Crippen MR) is 138 cm³/mol. The number of hydrogen-bond donors (Lipinski definition) is 2. The predicted octanol–water partition coefficient (Wildman–Crippen LogP) is 2.40. The number of carbonyl (C=O) groups is 1. The molecule has 0 fully saturated rings. The van der Waals surface area contributed by atoms with Crippen molar-refractivity contribution < 1.29 is 13.2 Å². The smallest absolute Gasteiger partial charge is 0.242 e. The second-order valence-corrected chi connectivity index (χ2v) is 9.15. The highest BCUT2D eigenvalue weighted by Gasteiger charge is 2.17. The molecular weight excluding hydrogens is 529 g/mol. The van der Waals surface area contributed by atoms with Gasteiger partial charge in [0.2, 0.25) is 15.9 Å². The van der Waals surface area contributed by atoms with Crippen LogP contribution in [0.4, 0.5) is 0 Å². The van der Waals surface area contributed by atoms with Crippen molar-refractivity contribution in [2.24, 2.45) is 4.99 Å². The lowest BCUT2D eigenvalue weighted by Gasteiger charge is -2.25. The Labute approximate surface area is 204 Å². The molecule has 1 aromatic carbocycles. The Balaban J connectivity index is 0.00000900. The van der Waals surface area contributed by atoms with Gasteiger partial charge < -0.3 is 15.1 Å². The molecule has 1 amide bonds. The van der Waals surface area contributed by atoms with Crippen molar-refractivity contribution in [2.45, 2.75) is 53.0 Å². The third-order valence-electron chi connectivity index (χ3n) is 4.46.